The Hall–Kier alpha value is -3.30. The molecule has 0 bridgehead atoms. The van der Waals surface area contributed by atoms with E-state index in [1.54, 1.807) is 19.9 Å². The molecule has 9 heteroatoms. The lowest BCUT2D eigenvalue weighted by Gasteiger charge is -2.26. The van der Waals surface area contributed by atoms with Crippen molar-refractivity contribution in [3.8, 4) is 0 Å². The molecule has 2 aromatic carbocycles. The minimum absolute atomic E-state index is 0.117. The predicted molar refractivity (Wildman–Crippen MR) is 127 cm³/mol. The molecule has 1 aliphatic rings. The third kappa shape index (κ3) is 5.21. The standard InChI is InChI=1S/C26H29FN2O6/c1-25(2,24(30)33-15-17-8-6-5-7-9-17)23-13-18-12-22(29(31)32)20(27)14-21(18)28(23)11-10-19-16-34-26(3,4)35-19/h5-9,12-14,19H,10-11,15-16H2,1-4H3/t19-/m0/s1. The van der Waals surface area contributed by atoms with E-state index in [0.717, 1.165) is 11.6 Å². The predicted octanol–water partition coefficient (Wildman–Crippen LogP) is 5.25. The second-order valence-electron chi connectivity index (χ2n) is 9.73. The van der Waals surface area contributed by atoms with Crippen molar-refractivity contribution in [1.82, 2.24) is 4.57 Å². The summed E-state index contributed by atoms with van der Waals surface area (Å²) < 4.78 is 33.5. The first-order valence-electron chi connectivity index (χ1n) is 11.5. The third-order valence-electron chi connectivity index (χ3n) is 6.27. The Labute approximate surface area is 202 Å². The Kier molecular flexibility index (Phi) is 6.66. The second-order valence-corrected chi connectivity index (χ2v) is 9.73. The zero-order valence-electron chi connectivity index (χ0n) is 20.2. The van der Waals surface area contributed by atoms with E-state index < -0.39 is 33.6 Å². The number of carbonyl (C=O) groups is 1. The third-order valence-corrected chi connectivity index (χ3v) is 6.27. The molecule has 0 unspecified atom stereocenters. The Morgan fingerprint density at radius 1 is 1.26 bits per heavy atom. The summed E-state index contributed by atoms with van der Waals surface area (Å²) in [6.45, 7) is 8.07. The number of halogens is 1. The minimum Gasteiger partial charge on any atom is -0.460 e. The van der Waals surface area contributed by atoms with Gasteiger partial charge in [0, 0.05) is 29.8 Å². The van der Waals surface area contributed by atoms with Gasteiger partial charge < -0.3 is 18.8 Å². The molecule has 35 heavy (non-hydrogen) atoms. The van der Waals surface area contributed by atoms with Gasteiger partial charge >= 0.3 is 11.7 Å². The van der Waals surface area contributed by atoms with E-state index in [4.69, 9.17) is 14.2 Å². The van der Waals surface area contributed by atoms with Crippen LogP contribution < -0.4 is 0 Å². The summed E-state index contributed by atoms with van der Waals surface area (Å²) in [5, 5.41) is 11.8. The Bertz CT molecular complexity index is 1250. The van der Waals surface area contributed by atoms with Gasteiger partial charge in [0.15, 0.2) is 5.79 Å². The molecule has 0 saturated carbocycles. The van der Waals surface area contributed by atoms with Gasteiger partial charge in [-0.25, -0.2) is 0 Å². The molecule has 0 spiro atoms. The lowest BCUT2D eigenvalue weighted by Crippen LogP contribution is -2.33. The number of hydrogen-bond acceptors (Lipinski definition) is 6. The van der Waals surface area contributed by atoms with E-state index in [1.165, 1.54) is 6.07 Å². The molecule has 1 fully saturated rings. The molecule has 0 aliphatic carbocycles. The highest BCUT2D eigenvalue weighted by Crippen LogP contribution is 2.35. The zero-order valence-corrected chi connectivity index (χ0v) is 20.2. The fourth-order valence-corrected chi connectivity index (χ4v) is 4.36. The van der Waals surface area contributed by atoms with Crippen molar-refractivity contribution >= 4 is 22.6 Å². The van der Waals surface area contributed by atoms with Crippen LogP contribution in [0.3, 0.4) is 0 Å². The molecule has 0 N–H and O–H groups in total. The van der Waals surface area contributed by atoms with Gasteiger partial charge in [0.25, 0.3) is 0 Å². The first kappa shape index (κ1) is 24.8. The Morgan fingerprint density at radius 3 is 2.60 bits per heavy atom. The number of carbonyl (C=O) groups excluding carboxylic acids is 1. The Morgan fingerprint density at radius 2 is 1.97 bits per heavy atom. The molecule has 8 nitrogen and oxygen atoms in total. The number of nitrogens with zero attached hydrogens (tertiary/aromatic N) is 2. The molecule has 1 aromatic heterocycles. The number of hydrogen-bond donors (Lipinski definition) is 0. The number of nitro groups is 1. The molecule has 4 rings (SSSR count). The molecule has 3 aromatic rings. The van der Waals surface area contributed by atoms with Crippen molar-refractivity contribution in [3.63, 3.8) is 0 Å². The van der Waals surface area contributed by atoms with Crippen LogP contribution in [0.15, 0.2) is 48.5 Å². The maximum atomic E-state index is 14.6. The van der Waals surface area contributed by atoms with Crippen LogP contribution in [0.4, 0.5) is 10.1 Å². The summed E-state index contributed by atoms with van der Waals surface area (Å²) in [6.07, 6.45) is 0.375. The molecule has 186 valence electrons. The molecular weight excluding hydrogens is 455 g/mol. The highest BCUT2D eigenvalue weighted by Gasteiger charge is 2.37. The van der Waals surface area contributed by atoms with E-state index in [0.29, 0.717) is 36.2 Å². The van der Waals surface area contributed by atoms with Crippen molar-refractivity contribution < 1.29 is 28.3 Å². The van der Waals surface area contributed by atoms with Gasteiger partial charge in [0.05, 0.1) is 23.2 Å². The SMILES string of the molecule is CC1(C)OC[C@H](CCn2c(C(C)(C)C(=O)OCc3ccccc3)cc3cc([N+](=O)[O-])c(F)cc32)O1. The quantitative estimate of drug-likeness (QED) is 0.246. The van der Waals surface area contributed by atoms with Gasteiger partial charge in [0.1, 0.15) is 12.0 Å². The first-order valence-corrected chi connectivity index (χ1v) is 11.5. The molecule has 1 aliphatic heterocycles. The number of benzene rings is 2. The topological polar surface area (TPSA) is 92.8 Å². The largest absolute Gasteiger partial charge is 0.460 e. The number of aromatic nitrogens is 1. The second kappa shape index (κ2) is 9.39. The van der Waals surface area contributed by atoms with Crippen LogP contribution in [0.25, 0.3) is 10.9 Å². The van der Waals surface area contributed by atoms with Crippen LogP contribution in [0, 0.1) is 15.9 Å². The molecule has 2 heterocycles. The molecule has 1 saturated heterocycles. The number of esters is 1. The normalized spacial score (nSPS) is 17.6. The van der Waals surface area contributed by atoms with Crippen molar-refractivity contribution in [2.45, 2.75) is 64.6 Å². The monoisotopic (exact) mass is 484 g/mol. The van der Waals surface area contributed by atoms with E-state index in [-0.39, 0.29) is 12.7 Å². The number of rotatable bonds is 8. The minimum atomic E-state index is -1.11. The van der Waals surface area contributed by atoms with Gasteiger partial charge in [-0.05, 0) is 45.7 Å². The summed E-state index contributed by atoms with van der Waals surface area (Å²) in [6, 6.07) is 13.4. The Balaban J connectivity index is 1.67. The van der Waals surface area contributed by atoms with Gasteiger partial charge in [-0.2, -0.15) is 4.39 Å². The summed E-state index contributed by atoms with van der Waals surface area (Å²) in [4.78, 5) is 23.7. The lowest BCUT2D eigenvalue weighted by molar-refractivity contribution is -0.387. The van der Waals surface area contributed by atoms with Crippen LogP contribution in [0.2, 0.25) is 0 Å². The van der Waals surface area contributed by atoms with E-state index in [1.807, 2.05) is 48.7 Å². The number of ether oxygens (including phenoxy) is 3. The fraction of sp³-hybridized carbons (Fsp3) is 0.423. The summed E-state index contributed by atoms with van der Waals surface area (Å²) in [7, 11) is 0. The maximum Gasteiger partial charge on any atom is 0.317 e. The summed E-state index contributed by atoms with van der Waals surface area (Å²) in [5.41, 5.74) is 0.176. The number of nitro benzene ring substituents is 1. The highest BCUT2D eigenvalue weighted by atomic mass is 19.1. The van der Waals surface area contributed by atoms with Crippen LogP contribution in [-0.2, 0) is 37.6 Å². The van der Waals surface area contributed by atoms with Gasteiger partial charge in [0.2, 0.25) is 5.82 Å². The van der Waals surface area contributed by atoms with Crippen LogP contribution in [-0.4, -0.2) is 34.0 Å². The number of fused-ring (bicyclic) bond motifs is 1. The first-order chi connectivity index (χ1) is 16.5. The van der Waals surface area contributed by atoms with Crippen LogP contribution >= 0.6 is 0 Å². The van der Waals surface area contributed by atoms with E-state index in [9.17, 15) is 19.3 Å². The summed E-state index contributed by atoms with van der Waals surface area (Å²) in [5.74, 6) is -2.07. The van der Waals surface area contributed by atoms with E-state index in [2.05, 4.69) is 0 Å². The molecule has 0 radical (unpaired) electrons. The molecular formula is C26H29FN2O6. The van der Waals surface area contributed by atoms with Gasteiger partial charge in [-0.15, -0.1) is 0 Å². The summed E-state index contributed by atoms with van der Waals surface area (Å²) >= 11 is 0. The van der Waals surface area contributed by atoms with Crippen molar-refractivity contribution in [2.24, 2.45) is 0 Å². The average Bonchev–Trinajstić information content (AvgIpc) is 3.35. The fourth-order valence-electron chi connectivity index (χ4n) is 4.36. The van der Waals surface area contributed by atoms with Gasteiger partial charge in [-0.1, -0.05) is 30.3 Å². The maximum absolute atomic E-state index is 14.6. The number of aryl methyl sites for hydroxylation is 1. The van der Waals surface area contributed by atoms with Crippen molar-refractivity contribution in [2.75, 3.05) is 6.61 Å². The lowest BCUT2D eigenvalue weighted by atomic mass is 9.89. The highest BCUT2D eigenvalue weighted by molar-refractivity contribution is 5.88. The van der Waals surface area contributed by atoms with Gasteiger partial charge in [-0.3, -0.25) is 14.9 Å². The van der Waals surface area contributed by atoms with Crippen LogP contribution in [0.5, 0.6) is 0 Å². The molecule has 0 amide bonds. The average molecular weight is 485 g/mol. The van der Waals surface area contributed by atoms with E-state index >= 15 is 0 Å². The van der Waals surface area contributed by atoms with Crippen molar-refractivity contribution in [3.05, 3.63) is 75.7 Å². The smallest absolute Gasteiger partial charge is 0.317 e. The van der Waals surface area contributed by atoms with Crippen LogP contribution in [0.1, 0.15) is 45.4 Å². The zero-order chi connectivity index (χ0) is 25.4. The van der Waals surface area contributed by atoms with Crippen molar-refractivity contribution in [1.29, 1.82) is 0 Å². The molecule has 1 atom stereocenters.